The van der Waals surface area contributed by atoms with Crippen LogP contribution in [0.25, 0.3) is 0 Å². The van der Waals surface area contributed by atoms with Gasteiger partial charge in [0.1, 0.15) is 17.8 Å². The van der Waals surface area contributed by atoms with E-state index in [9.17, 15) is 19.1 Å². The second kappa shape index (κ2) is 6.66. The van der Waals surface area contributed by atoms with Gasteiger partial charge in [0.2, 0.25) is 11.5 Å². The van der Waals surface area contributed by atoms with E-state index < -0.39 is 17.5 Å². The van der Waals surface area contributed by atoms with Crippen molar-refractivity contribution in [2.24, 2.45) is 0 Å². The zero-order valence-corrected chi connectivity index (χ0v) is 11.6. The summed E-state index contributed by atoms with van der Waals surface area (Å²) in [6.07, 6.45) is 2.09. The van der Waals surface area contributed by atoms with Crippen LogP contribution in [0.2, 0.25) is 0 Å². The van der Waals surface area contributed by atoms with E-state index in [1.54, 1.807) is 12.1 Å². The van der Waals surface area contributed by atoms with Crippen LogP contribution < -0.4 is 0 Å². The molecule has 6 nitrogen and oxygen atoms in total. The highest BCUT2D eigenvalue weighted by molar-refractivity contribution is 6.06. The van der Waals surface area contributed by atoms with E-state index >= 15 is 0 Å². The SMILES string of the molecule is COC(=O)/C(O)=C/C(=O)c1coc(Cc2ccc(F)cc2)n1. The molecule has 7 heteroatoms. The van der Waals surface area contributed by atoms with Crippen LogP contribution in [0.15, 0.2) is 46.8 Å². The van der Waals surface area contributed by atoms with Crippen LogP contribution in [-0.4, -0.2) is 29.0 Å². The first kappa shape index (κ1) is 15.4. The Balaban J connectivity index is 2.09. The topological polar surface area (TPSA) is 89.6 Å². The number of hydrogen-bond acceptors (Lipinski definition) is 6. The van der Waals surface area contributed by atoms with Crippen LogP contribution in [0.1, 0.15) is 21.9 Å². The van der Waals surface area contributed by atoms with Crippen molar-refractivity contribution in [2.75, 3.05) is 7.11 Å². The molecule has 2 rings (SSSR count). The van der Waals surface area contributed by atoms with Gasteiger partial charge in [-0.1, -0.05) is 12.1 Å². The molecular formula is C15H12FNO5. The van der Waals surface area contributed by atoms with Crippen molar-refractivity contribution in [3.05, 3.63) is 65.3 Å². The smallest absolute Gasteiger partial charge is 0.373 e. The molecule has 0 radical (unpaired) electrons. The van der Waals surface area contributed by atoms with E-state index in [1.165, 1.54) is 12.1 Å². The second-order valence-corrected chi connectivity index (χ2v) is 4.32. The molecule has 0 saturated carbocycles. The van der Waals surface area contributed by atoms with Gasteiger partial charge in [0, 0.05) is 12.5 Å². The Hall–Kier alpha value is -2.96. The lowest BCUT2D eigenvalue weighted by Gasteiger charge is -1.96. The first-order valence-corrected chi connectivity index (χ1v) is 6.21. The first-order chi connectivity index (χ1) is 10.5. The third-order valence-electron chi connectivity index (χ3n) is 2.74. The second-order valence-electron chi connectivity index (χ2n) is 4.32. The van der Waals surface area contributed by atoms with E-state index in [4.69, 9.17) is 4.42 Å². The number of aromatic nitrogens is 1. The van der Waals surface area contributed by atoms with E-state index in [-0.39, 0.29) is 23.8 Å². The number of aliphatic hydroxyl groups excluding tert-OH is 1. The summed E-state index contributed by atoms with van der Waals surface area (Å²) in [5, 5.41) is 9.29. The number of oxazole rings is 1. The van der Waals surface area contributed by atoms with Gasteiger partial charge in [0.05, 0.1) is 7.11 Å². The van der Waals surface area contributed by atoms with Gasteiger partial charge in [-0.05, 0) is 17.7 Å². The molecule has 0 fully saturated rings. The monoisotopic (exact) mass is 305 g/mol. The first-order valence-electron chi connectivity index (χ1n) is 6.21. The van der Waals surface area contributed by atoms with Gasteiger partial charge < -0.3 is 14.3 Å². The fraction of sp³-hybridized carbons (Fsp3) is 0.133. The highest BCUT2D eigenvalue weighted by Crippen LogP contribution is 2.11. The lowest BCUT2D eigenvalue weighted by atomic mass is 10.1. The summed E-state index contributed by atoms with van der Waals surface area (Å²) < 4.78 is 22.2. The van der Waals surface area contributed by atoms with Gasteiger partial charge in [-0.15, -0.1) is 0 Å². The number of ketones is 1. The Morgan fingerprint density at radius 3 is 2.68 bits per heavy atom. The molecule has 2 aromatic rings. The lowest BCUT2D eigenvalue weighted by Crippen LogP contribution is -2.07. The Labute approximate surface area is 124 Å². The predicted molar refractivity (Wildman–Crippen MR) is 72.8 cm³/mol. The zero-order valence-electron chi connectivity index (χ0n) is 11.6. The van der Waals surface area contributed by atoms with E-state index in [0.717, 1.165) is 18.9 Å². The van der Waals surface area contributed by atoms with Crippen LogP contribution >= 0.6 is 0 Å². The highest BCUT2D eigenvalue weighted by atomic mass is 19.1. The summed E-state index contributed by atoms with van der Waals surface area (Å²) >= 11 is 0. The van der Waals surface area contributed by atoms with Gasteiger partial charge in [-0.2, -0.15) is 0 Å². The van der Waals surface area contributed by atoms with Gasteiger partial charge in [0.25, 0.3) is 0 Å². The number of ether oxygens (including phenoxy) is 1. The zero-order chi connectivity index (χ0) is 16.1. The molecule has 0 bridgehead atoms. The number of allylic oxidation sites excluding steroid dienone is 1. The standard InChI is InChI=1S/C15H12FNO5/c1-21-15(20)13(19)7-12(18)11-8-22-14(17-11)6-9-2-4-10(16)5-3-9/h2-5,7-8,19H,6H2,1H3/b13-7-. The number of rotatable bonds is 5. The molecule has 0 spiro atoms. The number of carbonyl (C=O) groups is 2. The number of esters is 1. The van der Waals surface area contributed by atoms with Crippen molar-refractivity contribution in [2.45, 2.75) is 6.42 Å². The molecule has 1 aromatic heterocycles. The van der Waals surface area contributed by atoms with Crippen molar-refractivity contribution < 1.29 is 28.2 Å². The minimum Gasteiger partial charge on any atom is -0.502 e. The third kappa shape index (κ3) is 3.78. The maximum Gasteiger partial charge on any atom is 0.373 e. The molecule has 1 N–H and O–H groups in total. The molecule has 0 aliphatic rings. The summed E-state index contributed by atoms with van der Waals surface area (Å²) in [4.78, 5) is 26.7. The minimum atomic E-state index is -1.02. The largest absolute Gasteiger partial charge is 0.502 e. The van der Waals surface area contributed by atoms with E-state index in [2.05, 4.69) is 9.72 Å². The predicted octanol–water partition coefficient (Wildman–Crippen LogP) is 2.20. The van der Waals surface area contributed by atoms with Gasteiger partial charge in [-0.3, -0.25) is 4.79 Å². The van der Waals surface area contributed by atoms with Crippen molar-refractivity contribution in [1.29, 1.82) is 0 Å². The van der Waals surface area contributed by atoms with Crippen molar-refractivity contribution in [1.82, 2.24) is 4.98 Å². The quantitative estimate of drug-likeness (QED) is 0.394. The van der Waals surface area contributed by atoms with Gasteiger partial charge in [-0.25, -0.2) is 14.2 Å². The lowest BCUT2D eigenvalue weighted by molar-refractivity contribution is -0.139. The molecule has 1 aromatic carbocycles. The molecule has 22 heavy (non-hydrogen) atoms. The normalized spacial score (nSPS) is 11.3. The molecule has 0 unspecified atom stereocenters. The average molecular weight is 305 g/mol. The molecule has 0 atom stereocenters. The number of hydrogen-bond donors (Lipinski definition) is 1. The fourth-order valence-corrected chi connectivity index (χ4v) is 1.64. The van der Waals surface area contributed by atoms with Crippen LogP contribution in [-0.2, 0) is 16.0 Å². The molecule has 1 heterocycles. The molecule has 0 saturated heterocycles. The molecule has 0 aliphatic carbocycles. The maximum atomic E-state index is 12.8. The summed E-state index contributed by atoms with van der Waals surface area (Å²) in [6.45, 7) is 0. The van der Waals surface area contributed by atoms with Gasteiger partial charge >= 0.3 is 5.97 Å². The average Bonchev–Trinajstić information content (AvgIpc) is 2.97. The van der Waals surface area contributed by atoms with Gasteiger partial charge in [0.15, 0.2) is 5.89 Å². The number of nitrogens with zero attached hydrogens (tertiary/aromatic N) is 1. The number of carbonyl (C=O) groups excluding carboxylic acids is 2. The molecule has 0 aliphatic heterocycles. The summed E-state index contributed by atoms with van der Waals surface area (Å²) in [7, 11) is 1.08. The third-order valence-corrected chi connectivity index (χ3v) is 2.74. The number of aliphatic hydroxyl groups is 1. The van der Waals surface area contributed by atoms with Crippen LogP contribution in [0.4, 0.5) is 4.39 Å². The molecule has 0 amide bonds. The van der Waals surface area contributed by atoms with Crippen molar-refractivity contribution >= 4 is 11.8 Å². The number of halogens is 1. The van der Waals surface area contributed by atoms with Crippen LogP contribution in [0.5, 0.6) is 0 Å². The summed E-state index contributed by atoms with van der Waals surface area (Å²) in [5.74, 6) is -2.65. The van der Waals surface area contributed by atoms with Crippen LogP contribution in [0.3, 0.4) is 0 Å². The molecule has 114 valence electrons. The number of methoxy groups -OCH3 is 1. The van der Waals surface area contributed by atoms with E-state index in [0.29, 0.717) is 6.08 Å². The Bertz CT molecular complexity index is 718. The maximum absolute atomic E-state index is 12.8. The summed E-state index contributed by atoms with van der Waals surface area (Å²) in [5.41, 5.74) is 0.697. The van der Waals surface area contributed by atoms with Crippen LogP contribution in [0, 0.1) is 5.82 Å². The number of benzene rings is 1. The Morgan fingerprint density at radius 1 is 1.36 bits per heavy atom. The highest BCUT2D eigenvalue weighted by Gasteiger charge is 2.15. The van der Waals surface area contributed by atoms with Crippen molar-refractivity contribution in [3.63, 3.8) is 0 Å². The minimum absolute atomic E-state index is 0.0624. The Kier molecular flexibility index (Phi) is 4.67. The molecular weight excluding hydrogens is 293 g/mol. The fourth-order valence-electron chi connectivity index (χ4n) is 1.64. The Morgan fingerprint density at radius 2 is 2.05 bits per heavy atom. The van der Waals surface area contributed by atoms with Crippen molar-refractivity contribution in [3.8, 4) is 0 Å². The van der Waals surface area contributed by atoms with E-state index in [1.807, 2.05) is 0 Å². The summed E-state index contributed by atoms with van der Waals surface area (Å²) in [6, 6.07) is 5.76.